The molecule has 0 unspecified atom stereocenters. The summed E-state index contributed by atoms with van der Waals surface area (Å²) in [5.41, 5.74) is 1.35. The maximum atomic E-state index is 12.4. The van der Waals surface area contributed by atoms with Crippen molar-refractivity contribution in [3.8, 4) is 11.5 Å². The van der Waals surface area contributed by atoms with Gasteiger partial charge in [-0.2, -0.15) is 4.98 Å². The summed E-state index contributed by atoms with van der Waals surface area (Å²) >= 11 is 0. The van der Waals surface area contributed by atoms with Crippen LogP contribution in [0.25, 0.3) is 0 Å². The Bertz CT molecular complexity index is 781. The number of ether oxygens (including phenoxy) is 2. The van der Waals surface area contributed by atoms with Crippen LogP contribution in [0.4, 0.5) is 11.8 Å². The summed E-state index contributed by atoms with van der Waals surface area (Å²) in [5, 5.41) is 9.15. The van der Waals surface area contributed by atoms with Crippen LogP contribution in [0.2, 0.25) is 0 Å². The number of nitrogens with zero attached hydrogens (tertiary/aromatic N) is 2. The molecule has 0 saturated carbocycles. The predicted molar refractivity (Wildman–Crippen MR) is 99.2 cm³/mol. The molecule has 0 atom stereocenters. The third kappa shape index (κ3) is 4.33. The lowest BCUT2D eigenvalue weighted by molar-refractivity contribution is 0.0944. The topological polar surface area (TPSA) is 97.4 Å². The molecule has 0 fully saturated rings. The van der Waals surface area contributed by atoms with Crippen molar-refractivity contribution in [2.45, 2.75) is 13.8 Å². The van der Waals surface area contributed by atoms with Crippen molar-refractivity contribution in [3.05, 3.63) is 35.5 Å². The third-order valence-corrected chi connectivity index (χ3v) is 3.72. The number of amides is 1. The number of nitrogens with one attached hydrogen (secondary N) is 3. The molecule has 3 rings (SSSR count). The molecule has 0 spiro atoms. The molecule has 1 aliphatic rings. The number of fused-ring (bicyclic) bond motifs is 1. The zero-order valence-corrected chi connectivity index (χ0v) is 15.0. The van der Waals surface area contributed by atoms with Crippen LogP contribution in [-0.2, 0) is 0 Å². The minimum Gasteiger partial charge on any atom is -0.486 e. The number of rotatable bonds is 7. The highest BCUT2D eigenvalue weighted by molar-refractivity contribution is 5.97. The Balaban J connectivity index is 1.53. The number of anilines is 2. The van der Waals surface area contributed by atoms with Gasteiger partial charge in [0.2, 0.25) is 5.95 Å². The maximum absolute atomic E-state index is 12.4. The van der Waals surface area contributed by atoms with Gasteiger partial charge in [0.1, 0.15) is 19.0 Å². The second kappa shape index (κ2) is 8.37. The SMILES string of the molecule is CCNc1cc(C)nc(NCCNC(=O)c2cccc3c2OCCO3)n1. The molecule has 0 aliphatic carbocycles. The molecule has 3 N–H and O–H groups in total. The Hall–Kier alpha value is -3.03. The molecule has 0 radical (unpaired) electrons. The number of aromatic nitrogens is 2. The standard InChI is InChI=1S/C18H23N5O3/c1-3-19-15-11-12(2)22-18(23-15)21-8-7-20-17(24)13-5-4-6-14-16(13)26-10-9-25-14/h4-6,11H,3,7-10H2,1-2H3,(H,20,24)(H2,19,21,22,23). The Morgan fingerprint density at radius 2 is 2.00 bits per heavy atom. The van der Waals surface area contributed by atoms with Gasteiger partial charge in [0.05, 0.1) is 5.56 Å². The molecule has 2 heterocycles. The van der Waals surface area contributed by atoms with Crippen LogP contribution in [-0.4, -0.2) is 48.7 Å². The molecular formula is C18H23N5O3. The quantitative estimate of drug-likeness (QED) is 0.650. The summed E-state index contributed by atoms with van der Waals surface area (Å²) in [7, 11) is 0. The number of hydrogen-bond donors (Lipinski definition) is 3. The van der Waals surface area contributed by atoms with E-state index in [1.807, 2.05) is 19.9 Å². The van der Waals surface area contributed by atoms with Crippen molar-refractivity contribution in [3.63, 3.8) is 0 Å². The number of para-hydroxylation sites is 1. The second-order valence-electron chi connectivity index (χ2n) is 5.76. The van der Waals surface area contributed by atoms with Crippen LogP contribution in [0, 0.1) is 6.92 Å². The summed E-state index contributed by atoms with van der Waals surface area (Å²) in [4.78, 5) is 21.1. The molecule has 0 bridgehead atoms. The molecular weight excluding hydrogens is 334 g/mol. The fraction of sp³-hybridized carbons (Fsp3) is 0.389. The van der Waals surface area contributed by atoms with E-state index >= 15 is 0 Å². The van der Waals surface area contributed by atoms with E-state index in [9.17, 15) is 4.79 Å². The Morgan fingerprint density at radius 3 is 2.85 bits per heavy atom. The average Bonchev–Trinajstić information content (AvgIpc) is 2.64. The van der Waals surface area contributed by atoms with E-state index in [0.29, 0.717) is 49.3 Å². The highest BCUT2D eigenvalue weighted by Gasteiger charge is 2.19. The predicted octanol–water partition coefficient (Wildman–Crippen LogP) is 1.83. The lowest BCUT2D eigenvalue weighted by Gasteiger charge is -2.20. The van der Waals surface area contributed by atoms with Gasteiger partial charge >= 0.3 is 0 Å². The van der Waals surface area contributed by atoms with Crippen molar-refractivity contribution in [2.24, 2.45) is 0 Å². The third-order valence-electron chi connectivity index (χ3n) is 3.72. The largest absolute Gasteiger partial charge is 0.486 e. The first kappa shape index (κ1) is 17.8. The van der Waals surface area contributed by atoms with Crippen LogP contribution in [0.15, 0.2) is 24.3 Å². The fourth-order valence-corrected chi connectivity index (χ4v) is 2.62. The summed E-state index contributed by atoms with van der Waals surface area (Å²) in [5.74, 6) is 2.21. The average molecular weight is 357 g/mol. The van der Waals surface area contributed by atoms with E-state index < -0.39 is 0 Å². The Kier molecular flexibility index (Phi) is 5.73. The summed E-state index contributed by atoms with van der Waals surface area (Å²) in [6.07, 6.45) is 0. The number of carbonyl (C=O) groups excluding carboxylic acids is 1. The highest BCUT2D eigenvalue weighted by Crippen LogP contribution is 2.33. The Morgan fingerprint density at radius 1 is 1.15 bits per heavy atom. The lowest BCUT2D eigenvalue weighted by Crippen LogP contribution is -2.30. The molecule has 1 aliphatic heterocycles. The van der Waals surface area contributed by atoms with Crippen LogP contribution >= 0.6 is 0 Å². The monoisotopic (exact) mass is 357 g/mol. The molecule has 8 nitrogen and oxygen atoms in total. The van der Waals surface area contributed by atoms with E-state index in [1.54, 1.807) is 18.2 Å². The van der Waals surface area contributed by atoms with E-state index in [1.165, 1.54) is 0 Å². The van der Waals surface area contributed by atoms with Gasteiger partial charge < -0.3 is 25.4 Å². The first-order chi connectivity index (χ1) is 12.7. The highest BCUT2D eigenvalue weighted by atomic mass is 16.6. The molecule has 26 heavy (non-hydrogen) atoms. The zero-order valence-electron chi connectivity index (χ0n) is 15.0. The fourth-order valence-electron chi connectivity index (χ4n) is 2.62. The molecule has 138 valence electrons. The molecule has 1 amide bonds. The van der Waals surface area contributed by atoms with Crippen molar-refractivity contribution >= 4 is 17.7 Å². The van der Waals surface area contributed by atoms with Crippen LogP contribution < -0.4 is 25.4 Å². The second-order valence-corrected chi connectivity index (χ2v) is 5.76. The van der Waals surface area contributed by atoms with Crippen LogP contribution in [0.1, 0.15) is 23.0 Å². The number of benzene rings is 1. The number of carbonyl (C=O) groups is 1. The normalized spacial score (nSPS) is 12.4. The molecule has 1 aromatic heterocycles. The van der Waals surface area contributed by atoms with Crippen molar-refractivity contribution in [1.29, 1.82) is 0 Å². The molecule has 0 saturated heterocycles. The van der Waals surface area contributed by atoms with Crippen LogP contribution in [0.5, 0.6) is 11.5 Å². The minimum atomic E-state index is -0.201. The molecule has 1 aromatic carbocycles. The first-order valence-corrected chi connectivity index (χ1v) is 8.67. The van der Waals surface area contributed by atoms with Crippen molar-refractivity contribution in [2.75, 3.05) is 43.5 Å². The summed E-state index contributed by atoms with van der Waals surface area (Å²) in [6.45, 7) is 6.59. The van der Waals surface area contributed by atoms with E-state index in [0.717, 1.165) is 18.1 Å². The minimum absolute atomic E-state index is 0.201. The van der Waals surface area contributed by atoms with Gasteiger partial charge in [-0.25, -0.2) is 4.98 Å². The van der Waals surface area contributed by atoms with Gasteiger partial charge in [-0.15, -0.1) is 0 Å². The Labute approximate surface area is 152 Å². The smallest absolute Gasteiger partial charge is 0.255 e. The number of hydrogen-bond acceptors (Lipinski definition) is 7. The van der Waals surface area contributed by atoms with Gasteiger partial charge in [-0.1, -0.05) is 6.07 Å². The summed E-state index contributed by atoms with van der Waals surface area (Å²) < 4.78 is 11.1. The lowest BCUT2D eigenvalue weighted by atomic mass is 10.1. The first-order valence-electron chi connectivity index (χ1n) is 8.67. The summed E-state index contributed by atoms with van der Waals surface area (Å²) in [6, 6.07) is 7.19. The van der Waals surface area contributed by atoms with Crippen LogP contribution in [0.3, 0.4) is 0 Å². The van der Waals surface area contributed by atoms with Gasteiger partial charge in [-0.3, -0.25) is 4.79 Å². The van der Waals surface area contributed by atoms with Crippen molar-refractivity contribution < 1.29 is 14.3 Å². The van der Waals surface area contributed by atoms with Gasteiger partial charge in [-0.05, 0) is 26.0 Å². The van der Waals surface area contributed by atoms with Crippen molar-refractivity contribution in [1.82, 2.24) is 15.3 Å². The van der Waals surface area contributed by atoms with E-state index in [2.05, 4.69) is 25.9 Å². The zero-order chi connectivity index (χ0) is 18.4. The number of aryl methyl sites for hydroxylation is 1. The van der Waals surface area contributed by atoms with Gasteiger partial charge in [0.15, 0.2) is 11.5 Å². The van der Waals surface area contributed by atoms with E-state index in [4.69, 9.17) is 9.47 Å². The molecule has 8 heteroatoms. The molecule has 2 aromatic rings. The van der Waals surface area contributed by atoms with Gasteiger partial charge in [0, 0.05) is 31.4 Å². The van der Waals surface area contributed by atoms with E-state index in [-0.39, 0.29) is 5.91 Å². The maximum Gasteiger partial charge on any atom is 0.255 e. The van der Waals surface area contributed by atoms with Gasteiger partial charge in [0.25, 0.3) is 5.91 Å².